The molecule has 4 aliphatic carbocycles. The molecule has 5 aliphatic rings. The van der Waals surface area contributed by atoms with Gasteiger partial charge in [0.05, 0.1) is 18.8 Å². The predicted octanol–water partition coefficient (Wildman–Crippen LogP) is 4.31. The monoisotopic (exact) mass is 618 g/mol. The summed E-state index contributed by atoms with van der Waals surface area (Å²) in [5.74, 6) is 1.60. The summed E-state index contributed by atoms with van der Waals surface area (Å²) in [6.07, 6.45) is 5.75. The first-order valence-corrected chi connectivity index (χ1v) is 17.0. The van der Waals surface area contributed by atoms with Gasteiger partial charge in [0.25, 0.3) is 0 Å². The van der Waals surface area contributed by atoms with Gasteiger partial charge in [-0.2, -0.15) is 0 Å². The van der Waals surface area contributed by atoms with Gasteiger partial charge in [-0.05, 0) is 98.4 Å². The Hall–Kier alpha value is -1.13. The number of hydrogen-bond donors (Lipinski definition) is 5. The Labute approximate surface area is 263 Å². The van der Waals surface area contributed by atoms with Crippen molar-refractivity contribution >= 4 is 6.29 Å². The SMILES string of the molecule is C/C(C=O)=C\CC[C@@H](C)[C@H]1CC[C@@]2(C)[C@@H]3CC=C4[C@@H](CC[C@H](O[C@@H]5O[C@H](CO)[C@@H](O)[C@H](O)[C@H]5O)C4(C)C)[C@]3(C)C(O)C[C@]12C. The number of carbonyl (C=O) groups excluding carboxylic acids is 1. The summed E-state index contributed by atoms with van der Waals surface area (Å²) in [5.41, 5.74) is 1.55. The van der Waals surface area contributed by atoms with Crippen LogP contribution in [0, 0.1) is 45.3 Å². The van der Waals surface area contributed by atoms with Gasteiger partial charge in [0.2, 0.25) is 0 Å². The molecule has 5 N–H and O–H groups in total. The Morgan fingerprint density at radius 3 is 2.41 bits per heavy atom. The van der Waals surface area contributed by atoms with E-state index in [-0.39, 0.29) is 28.3 Å². The highest BCUT2D eigenvalue weighted by molar-refractivity contribution is 5.71. The molecule has 4 fully saturated rings. The smallest absolute Gasteiger partial charge is 0.187 e. The molecule has 8 heteroatoms. The van der Waals surface area contributed by atoms with Gasteiger partial charge in [-0.3, -0.25) is 4.79 Å². The van der Waals surface area contributed by atoms with E-state index in [2.05, 4.69) is 53.7 Å². The van der Waals surface area contributed by atoms with Gasteiger partial charge < -0.3 is 35.0 Å². The molecule has 1 unspecified atom stereocenters. The number of aldehydes is 1. The maximum atomic E-state index is 12.2. The van der Waals surface area contributed by atoms with Crippen LogP contribution in [0.4, 0.5) is 0 Å². The maximum absolute atomic E-state index is 12.2. The van der Waals surface area contributed by atoms with Crippen LogP contribution in [-0.4, -0.2) is 81.3 Å². The highest BCUT2D eigenvalue weighted by Crippen LogP contribution is 2.75. The van der Waals surface area contributed by atoms with Crippen molar-refractivity contribution in [3.63, 3.8) is 0 Å². The summed E-state index contributed by atoms with van der Waals surface area (Å²) >= 11 is 0. The minimum Gasteiger partial charge on any atom is -0.394 e. The van der Waals surface area contributed by atoms with Gasteiger partial charge in [-0.1, -0.05) is 59.3 Å². The van der Waals surface area contributed by atoms with E-state index >= 15 is 0 Å². The molecule has 8 nitrogen and oxygen atoms in total. The topological polar surface area (TPSA) is 137 Å². The average molecular weight is 619 g/mol. The average Bonchev–Trinajstić information content (AvgIpc) is 3.24. The van der Waals surface area contributed by atoms with E-state index in [4.69, 9.17) is 9.47 Å². The van der Waals surface area contributed by atoms with Gasteiger partial charge in [0.1, 0.15) is 30.7 Å². The Balaban J connectivity index is 1.38. The fourth-order valence-electron chi connectivity index (χ4n) is 11.1. The third-order valence-corrected chi connectivity index (χ3v) is 14.0. The van der Waals surface area contributed by atoms with Crippen molar-refractivity contribution in [2.75, 3.05) is 6.61 Å². The van der Waals surface area contributed by atoms with Crippen LogP contribution in [0.5, 0.6) is 0 Å². The Kier molecular flexibility index (Phi) is 9.45. The highest BCUT2D eigenvalue weighted by Gasteiger charge is 2.70. The van der Waals surface area contributed by atoms with Gasteiger partial charge in [-0.25, -0.2) is 0 Å². The first-order chi connectivity index (χ1) is 20.6. The van der Waals surface area contributed by atoms with Crippen LogP contribution >= 0.6 is 0 Å². The molecule has 0 aromatic rings. The molecule has 14 atom stereocenters. The number of fused-ring (bicyclic) bond motifs is 5. The maximum Gasteiger partial charge on any atom is 0.187 e. The fourth-order valence-corrected chi connectivity index (χ4v) is 11.1. The van der Waals surface area contributed by atoms with Crippen LogP contribution < -0.4 is 0 Å². The zero-order chi connectivity index (χ0) is 32.4. The minimum atomic E-state index is -1.47. The molecule has 0 radical (unpaired) electrons. The van der Waals surface area contributed by atoms with Crippen molar-refractivity contribution in [1.29, 1.82) is 0 Å². The fraction of sp³-hybridized carbons (Fsp3) is 0.861. The zero-order valence-corrected chi connectivity index (χ0v) is 27.9. The highest BCUT2D eigenvalue weighted by atomic mass is 16.7. The largest absolute Gasteiger partial charge is 0.394 e. The third kappa shape index (κ3) is 5.10. The Morgan fingerprint density at radius 2 is 1.75 bits per heavy atom. The van der Waals surface area contributed by atoms with E-state index in [0.29, 0.717) is 24.2 Å². The number of rotatable bonds is 8. The lowest BCUT2D eigenvalue weighted by molar-refractivity contribution is -0.320. The lowest BCUT2D eigenvalue weighted by atomic mass is 9.38. The summed E-state index contributed by atoms with van der Waals surface area (Å²) in [6, 6.07) is 0. The Bertz CT molecular complexity index is 1130. The van der Waals surface area contributed by atoms with Gasteiger partial charge in [0, 0.05) is 10.8 Å². The quantitative estimate of drug-likeness (QED) is 0.154. The second kappa shape index (κ2) is 12.1. The van der Waals surface area contributed by atoms with Crippen LogP contribution in [0.25, 0.3) is 0 Å². The number of hydrogen-bond acceptors (Lipinski definition) is 8. The lowest BCUT2D eigenvalue weighted by Gasteiger charge is -2.67. The molecule has 1 aliphatic heterocycles. The molecule has 0 spiro atoms. The molecule has 0 aromatic heterocycles. The Morgan fingerprint density at radius 1 is 1.05 bits per heavy atom. The molecular weight excluding hydrogens is 560 g/mol. The summed E-state index contributed by atoms with van der Waals surface area (Å²) in [7, 11) is 0. The number of aliphatic hydroxyl groups is 5. The molecule has 0 amide bonds. The number of allylic oxidation sites excluding steroid dienone is 3. The number of carbonyl (C=O) groups is 1. The van der Waals surface area contributed by atoms with Gasteiger partial charge in [-0.15, -0.1) is 0 Å². The van der Waals surface area contributed by atoms with Crippen molar-refractivity contribution in [1.82, 2.24) is 0 Å². The van der Waals surface area contributed by atoms with Crippen LogP contribution in [-0.2, 0) is 14.3 Å². The van der Waals surface area contributed by atoms with Crippen molar-refractivity contribution in [2.45, 2.75) is 143 Å². The van der Waals surface area contributed by atoms with E-state index < -0.39 is 48.8 Å². The van der Waals surface area contributed by atoms with E-state index in [1.807, 2.05) is 6.92 Å². The molecule has 3 saturated carbocycles. The second-order valence-corrected chi connectivity index (χ2v) is 16.3. The molecule has 0 aromatic carbocycles. The van der Waals surface area contributed by atoms with E-state index in [9.17, 15) is 30.3 Å². The molecule has 1 heterocycles. The molecular formula is C36H58O8. The van der Waals surface area contributed by atoms with Gasteiger partial charge in [0.15, 0.2) is 6.29 Å². The van der Waals surface area contributed by atoms with Crippen molar-refractivity contribution in [2.24, 2.45) is 45.3 Å². The van der Waals surface area contributed by atoms with E-state index in [0.717, 1.165) is 50.4 Å². The number of ether oxygens (including phenoxy) is 2. The van der Waals surface area contributed by atoms with Gasteiger partial charge >= 0.3 is 0 Å². The number of aliphatic hydroxyl groups excluding tert-OH is 5. The lowest BCUT2D eigenvalue weighted by Crippen LogP contribution is -2.65. The molecule has 1 saturated heterocycles. The third-order valence-electron chi connectivity index (χ3n) is 14.0. The summed E-state index contributed by atoms with van der Waals surface area (Å²) in [6.45, 7) is 15.4. The molecule has 44 heavy (non-hydrogen) atoms. The molecule has 0 bridgehead atoms. The minimum absolute atomic E-state index is 0.0315. The molecule has 5 rings (SSSR count). The first kappa shape index (κ1) is 34.2. The standard InChI is InChI=1S/C36H58O8/c1-20(18-37)9-8-10-21(2)22-15-16-34(5)26-13-11-23-24(36(26,7)27(39)17-35(22,34)6)12-14-28(33(23,3)4)44-32-31(42)30(41)29(40)25(19-38)43-32/h9,11,18,21-22,24-32,38-42H,8,10,12-17,19H2,1-7H3/b20-9+/t21-,22-,24-,25-,26+,27?,28+,29-,30+,31-,32+,34+,35-,36+/m1/s1. The summed E-state index contributed by atoms with van der Waals surface area (Å²) in [4.78, 5) is 11.1. The first-order valence-electron chi connectivity index (χ1n) is 17.0. The molecule has 250 valence electrons. The van der Waals surface area contributed by atoms with Crippen molar-refractivity contribution in [3.8, 4) is 0 Å². The normalized spacial score (nSPS) is 49.4. The van der Waals surface area contributed by atoms with Crippen LogP contribution in [0.3, 0.4) is 0 Å². The zero-order valence-electron chi connectivity index (χ0n) is 27.9. The van der Waals surface area contributed by atoms with Crippen LogP contribution in [0.1, 0.15) is 99.8 Å². The van der Waals surface area contributed by atoms with Crippen LogP contribution in [0.2, 0.25) is 0 Å². The summed E-state index contributed by atoms with van der Waals surface area (Å²) in [5, 5.41) is 53.1. The summed E-state index contributed by atoms with van der Waals surface area (Å²) < 4.78 is 12.1. The van der Waals surface area contributed by atoms with Crippen molar-refractivity contribution < 1.29 is 39.8 Å². The van der Waals surface area contributed by atoms with E-state index in [1.54, 1.807) is 0 Å². The predicted molar refractivity (Wildman–Crippen MR) is 167 cm³/mol. The second-order valence-electron chi connectivity index (χ2n) is 16.3. The van der Waals surface area contributed by atoms with Crippen LogP contribution in [0.15, 0.2) is 23.3 Å². The van der Waals surface area contributed by atoms with Crippen molar-refractivity contribution in [3.05, 3.63) is 23.3 Å². The van der Waals surface area contributed by atoms with E-state index in [1.165, 1.54) is 12.0 Å².